The minimum atomic E-state index is 0.151. The minimum Gasteiger partial charge on any atom is -0.350 e. The number of nitrogens with one attached hydrogen (secondary N) is 1. The lowest BCUT2D eigenvalue weighted by atomic mass is 10.1. The second-order valence-electron chi connectivity index (χ2n) is 6.13. The molecule has 0 aliphatic heterocycles. The van der Waals surface area contributed by atoms with Crippen molar-refractivity contribution in [2.45, 2.75) is 52.6 Å². The highest BCUT2D eigenvalue weighted by atomic mass is 32.2. The van der Waals surface area contributed by atoms with E-state index in [-0.39, 0.29) is 5.54 Å². The molecule has 0 aliphatic rings. The molecular formula is C15H29N3S2. The fourth-order valence-corrected chi connectivity index (χ4v) is 3.26. The fraction of sp³-hybridized carbons (Fsp3) is 0.800. The third-order valence-corrected chi connectivity index (χ3v) is 4.79. The van der Waals surface area contributed by atoms with Gasteiger partial charge in [-0.3, -0.25) is 0 Å². The average molecular weight is 316 g/mol. The smallest absolute Gasteiger partial charge is 0.185 e. The molecule has 0 aromatic carbocycles. The first-order valence-corrected chi connectivity index (χ1v) is 9.52. The number of hydrogen-bond donors (Lipinski definition) is 1. The van der Waals surface area contributed by atoms with Crippen LogP contribution in [0.4, 0.5) is 5.13 Å². The summed E-state index contributed by atoms with van der Waals surface area (Å²) >= 11 is 3.72. The number of thioether (sulfide) groups is 1. The first-order valence-electron chi connectivity index (χ1n) is 7.31. The molecule has 3 nitrogen and oxygen atoms in total. The van der Waals surface area contributed by atoms with Gasteiger partial charge >= 0.3 is 0 Å². The quantitative estimate of drug-likeness (QED) is 0.790. The molecule has 0 saturated carbocycles. The van der Waals surface area contributed by atoms with Gasteiger partial charge in [-0.05, 0) is 33.4 Å². The number of hydrogen-bond acceptors (Lipinski definition) is 5. The molecule has 116 valence electrons. The lowest BCUT2D eigenvalue weighted by Gasteiger charge is -2.20. The normalized spacial score (nSPS) is 11.9. The van der Waals surface area contributed by atoms with E-state index < -0.39 is 0 Å². The topological polar surface area (TPSA) is 28.2 Å². The molecule has 0 radical (unpaired) electrons. The molecule has 20 heavy (non-hydrogen) atoms. The molecule has 0 fully saturated rings. The second kappa shape index (κ2) is 8.25. The molecule has 0 spiro atoms. The third kappa shape index (κ3) is 6.02. The predicted molar refractivity (Wildman–Crippen MR) is 94.4 cm³/mol. The summed E-state index contributed by atoms with van der Waals surface area (Å²) in [6.45, 7) is 10.8. The van der Waals surface area contributed by atoms with Crippen molar-refractivity contribution in [2.24, 2.45) is 0 Å². The monoisotopic (exact) mass is 315 g/mol. The Morgan fingerprint density at radius 1 is 1.35 bits per heavy atom. The van der Waals surface area contributed by atoms with Crippen LogP contribution >= 0.6 is 23.1 Å². The van der Waals surface area contributed by atoms with E-state index in [1.807, 2.05) is 23.1 Å². The largest absolute Gasteiger partial charge is 0.350 e. The Labute approximate surface area is 132 Å². The lowest BCUT2D eigenvalue weighted by Crippen LogP contribution is -2.35. The molecule has 0 amide bonds. The zero-order chi connectivity index (χ0) is 15.2. The molecular weight excluding hydrogens is 286 g/mol. The van der Waals surface area contributed by atoms with Crippen molar-refractivity contribution in [3.63, 3.8) is 0 Å². The van der Waals surface area contributed by atoms with Gasteiger partial charge in [0.2, 0.25) is 0 Å². The van der Waals surface area contributed by atoms with Crippen LogP contribution in [0, 0.1) is 0 Å². The summed E-state index contributed by atoms with van der Waals surface area (Å²) in [4.78, 5) is 8.52. The van der Waals surface area contributed by atoms with Gasteiger partial charge in [-0.25, -0.2) is 4.98 Å². The van der Waals surface area contributed by atoms with E-state index in [9.17, 15) is 0 Å². The van der Waals surface area contributed by atoms with Crippen LogP contribution in [-0.4, -0.2) is 36.1 Å². The highest BCUT2D eigenvalue weighted by Crippen LogP contribution is 2.27. The molecule has 0 aliphatic carbocycles. The fourth-order valence-electron chi connectivity index (χ4n) is 1.77. The zero-order valence-electron chi connectivity index (χ0n) is 13.7. The maximum Gasteiger partial charge on any atom is 0.185 e. The summed E-state index contributed by atoms with van der Waals surface area (Å²) in [7, 11) is 2.14. The summed E-state index contributed by atoms with van der Waals surface area (Å²) in [6.07, 6.45) is 4.38. The van der Waals surface area contributed by atoms with Crippen LogP contribution in [0.2, 0.25) is 0 Å². The molecule has 1 N–H and O–H groups in total. The molecule has 1 aromatic rings. The Hall–Kier alpha value is -0.260. The van der Waals surface area contributed by atoms with Gasteiger partial charge in [0, 0.05) is 36.3 Å². The zero-order valence-corrected chi connectivity index (χ0v) is 15.4. The molecule has 0 bridgehead atoms. The van der Waals surface area contributed by atoms with E-state index in [2.05, 4.69) is 51.2 Å². The third-order valence-electron chi connectivity index (χ3n) is 2.99. The van der Waals surface area contributed by atoms with Gasteiger partial charge in [-0.2, -0.15) is 11.8 Å². The van der Waals surface area contributed by atoms with E-state index in [0.29, 0.717) is 0 Å². The molecule has 1 heterocycles. The summed E-state index contributed by atoms with van der Waals surface area (Å²) < 4.78 is 0. The Morgan fingerprint density at radius 2 is 2.05 bits per heavy atom. The number of aryl methyl sites for hydroxylation is 1. The van der Waals surface area contributed by atoms with Gasteiger partial charge in [-0.15, -0.1) is 11.3 Å². The lowest BCUT2D eigenvalue weighted by molar-refractivity contribution is 0.425. The van der Waals surface area contributed by atoms with Gasteiger partial charge in [-0.1, -0.05) is 13.3 Å². The SMILES string of the molecule is CCCc1nc(N(C)CCSC)sc1CNC(C)(C)C. The summed E-state index contributed by atoms with van der Waals surface area (Å²) in [6, 6.07) is 0. The maximum atomic E-state index is 4.85. The Bertz CT molecular complexity index is 396. The molecule has 0 saturated heterocycles. The van der Waals surface area contributed by atoms with Crippen molar-refractivity contribution in [1.82, 2.24) is 10.3 Å². The summed E-state index contributed by atoms with van der Waals surface area (Å²) in [5.74, 6) is 1.15. The molecule has 1 rings (SSSR count). The minimum absolute atomic E-state index is 0.151. The maximum absolute atomic E-state index is 4.85. The summed E-state index contributed by atoms with van der Waals surface area (Å²) in [5, 5.41) is 4.74. The van der Waals surface area contributed by atoms with Crippen molar-refractivity contribution in [3.05, 3.63) is 10.6 Å². The van der Waals surface area contributed by atoms with E-state index >= 15 is 0 Å². The standard InChI is InChI=1S/C15H29N3S2/c1-7-8-12-13(11-16-15(2,3)4)20-14(17-12)18(5)9-10-19-6/h16H,7-11H2,1-6H3. The number of anilines is 1. The number of thiazole rings is 1. The van der Waals surface area contributed by atoms with Crippen LogP contribution in [0.25, 0.3) is 0 Å². The first kappa shape index (κ1) is 17.8. The molecule has 1 aromatic heterocycles. The number of nitrogens with zero attached hydrogens (tertiary/aromatic N) is 2. The van der Waals surface area contributed by atoms with Crippen molar-refractivity contribution in [3.8, 4) is 0 Å². The van der Waals surface area contributed by atoms with Gasteiger partial charge in [0.05, 0.1) is 5.69 Å². The van der Waals surface area contributed by atoms with Gasteiger partial charge in [0.25, 0.3) is 0 Å². The van der Waals surface area contributed by atoms with Crippen LogP contribution in [0.1, 0.15) is 44.7 Å². The molecule has 0 atom stereocenters. The molecule has 5 heteroatoms. The van der Waals surface area contributed by atoms with Crippen molar-refractivity contribution >= 4 is 28.2 Å². The van der Waals surface area contributed by atoms with Crippen LogP contribution in [0.15, 0.2) is 0 Å². The van der Waals surface area contributed by atoms with E-state index in [1.165, 1.54) is 10.6 Å². The van der Waals surface area contributed by atoms with Crippen LogP contribution in [0.3, 0.4) is 0 Å². The van der Waals surface area contributed by atoms with Crippen molar-refractivity contribution < 1.29 is 0 Å². The van der Waals surface area contributed by atoms with Crippen LogP contribution in [0.5, 0.6) is 0 Å². The van der Waals surface area contributed by atoms with E-state index in [1.54, 1.807) is 0 Å². The summed E-state index contributed by atoms with van der Waals surface area (Å²) in [5.41, 5.74) is 1.43. The highest BCUT2D eigenvalue weighted by Gasteiger charge is 2.16. The Morgan fingerprint density at radius 3 is 2.60 bits per heavy atom. The van der Waals surface area contributed by atoms with Gasteiger partial charge in [0.1, 0.15) is 0 Å². The first-order chi connectivity index (χ1) is 9.37. The second-order valence-corrected chi connectivity index (χ2v) is 8.18. The van der Waals surface area contributed by atoms with Gasteiger partial charge < -0.3 is 10.2 Å². The Kier molecular flexibility index (Phi) is 7.34. The van der Waals surface area contributed by atoms with Crippen LogP contribution < -0.4 is 10.2 Å². The predicted octanol–water partition coefficient (Wildman–Crippen LogP) is 3.78. The highest BCUT2D eigenvalue weighted by molar-refractivity contribution is 7.98. The van der Waals surface area contributed by atoms with E-state index in [0.717, 1.165) is 36.8 Å². The molecule has 0 unspecified atom stereocenters. The van der Waals surface area contributed by atoms with Crippen LogP contribution in [-0.2, 0) is 13.0 Å². The van der Waals surface area contributed by atoms with E-state index in [4.69, 9.17) is 4.98 Å². The van der Waals surface area contributed by atoms with Crippen molar-refractivity contribution in [2.75, 3.05) is 30.5 Å². The van der Waals surface area contributed by atoms with Crippen molar-refractivity contribution in [1.29, 1.82) is 0 Å². The van der Waals surface area contributed by atoms with Gasteiger partial charge in [0.15, 0.2) is 5.13 Å². The average Bonchev–Trinajstić information content (AvgIpc) is 2.76. The number of rotatable bonds is 8. The number of aromatic nitrogens is 1. The Balaban J connectivity index is 2.78.